The summed E-state index contributed by atoms with van der Waals surface area (Å²) in [4.78, 5) is 0. The van der Waals surface area contributed by atoms with E-state index in [1.54, 1.807) is 0 Å². The molecule has 1 aliphatic carbocycles. The van der Waals surface area contributed by atoms with Crippen molar-refractivity contribution in [3.05, 3.63) is 21.6 Å². The Morgan fingerprint density at radius 3 is 2.38 bits per heavy atom. The number of hydrogen-bond donors (Lipinski definition) is 0. The fourth-order valence-electron chi connectivity index (χ4n) is 1.80. The van der Waals surface area contributed by atoms with Gasteiger partial charge in [0, 0.05) is 0 Å². The Morgan fingerprint density at radius 2 is 2.00 bits per heavy atom. The third kappa shape index (κ3) is 4.67. The summed E-state index contributed by atoms with van der Waals surface area (Å²) in [6, 6.07) is 0. The van der Waals surface area contributed by atoms with Gasteiger partial charge >= 0.3 is 100 Å². The van der Waals surface area contributed by atoms with Gasteiger partial charge in [-0.05, 0) is 0 Å². The van der Waals surface area contributed by atoms with Gasteiger partial charge in [0.25, 0.3) is 0 Å². The van der Waals surface area contributed by atoms with Gasteiger partial charge in [0.05, 0.1) is 0 Å². The van der Waals surface area contributed by atoms with Crippen LogP contribution in [0.15, 0.2) is 21.6 Å². The van der Waals surface area contributed by atoms with Crippen molar-refractivity contribution in [1.82, 2.24) is 0 Å². The van der Waals surface area contributed by atoms with E-state index in [-0.39, 0.29) is 24.8 Å². The molecule has 16 heavy (non-hydrogen) atoms. The summed E-state index contributed by atoms with van der Waals surface area (Å²) in [5, 5.41) is 0. The third-order valence-corrected chi connectivity index (χ3v) is 7.19. The van der Waals surface area contributed by atoms with Crippen LogP contribution in [0.3, 0.4) is 0 Å². The Kier molecular flexibility index (Phi) is 9.80. The predicted molar refractivity (Wildman–Crippen MR) is 73.8 cm³/mol. The fourth-order valence-corrected chi connectivity index (χ4v) is 4.69. The van der Waals surface area contributed by atoms with Gasteiger partial charge in [0.2, 0.25) is 0 Å². The molecule has 5 heteroatoms. The molecule has 0 fully saturated rings. The van der Waals surface area contributed by atoms with E-state index in [9.17, 15) is 0 Å². The second kappa shape index (κ2) is 8.12. The first kappa shape index (κ1) is 19.3. The van der Waals surface area contributed by atoms with Gasteiger partial charge in [-0.15, -0.1) is 24.8 Å². The van der Waals surface area contributed by atoms with Crippen LogP contribution in [0.4, 0.5) is 0 Å². The first-order valence-electron chi connectivity index (χ1n) is 5.24. The minimum atomic E-state index is -1.52. The first-order chi connectivity index (χ1) is 6.49. The van der Waals surface area contributed by atoms with E-state index >= 15 is 0 Å². The molecule has 0 bridgehead atoms. The van der Waals surface area contributed by atoms with Crippen molar-refractivity contribution in [2.75, 3.05) is 6.61 Å². The topological polar surface area (TPSA) is 9.23 Å². The molecule has 0 aliphatic heterocycles. The van der Waals surface area contributed by atoms with Gasteiger partial charge in [-0.3, -0.25) is 0 Å². The van der Waals surface area contributed by atoms with Crippen molar-refractivity contribution in [1.29, 1.82) is 0 Å². The molecule has 1 aliphatic rings. The minimum absolute atomic E-state index is 0. The Bertz CT molecular complexity index is 277. The third-order valence-electron chi connectivity index (χ3n) is 2.99. The van der Waals surface area contributed by atoms with Crippen LogP contribution in [0, 0.1) is 0 Å². The summed E-state index contributed by atoms with van der Waals surface area (Å²) < 4.78 is 7.45. The van der Waals surface area contributed by atoms with Gasteiger partial charge < -0.3 is 0 Å². The van der Waals surface area contributed by atoms with E-state index in [1.165, 1.54) is 9.45 Å². The first-order valence-corrected chi connectivity index (χ1v) is 9.00. The summed E-state index contributed by atoms with van der Waals surface area (Å²) >= 11 is 2.24. The molecule has 0 radical (unpaired) electrons. The van der Waals surface area contributed by atoms with Crippen molar-refractivity contribution in [2.24, 2.45) is 0 Å². The molecular formula is C11H21Cl2OSiTi. The van der Waals surface area contributed by atoms with Crippen LogP contribution in [-0.4, -0.2) is 14.9 Å². The molecule has 1 rings (SSSR count). The van der Waals surface area contributed by atoms with Gasteiger partial charge in [-0.1, -0.05) is 0 Å². The van der Waals surface area contributed by atoms with Crippen LogP contribution in [0.25, 0.3) is 0 Å². The number of allylic oxidation sites excluding steroid dienone is 4. The standard InChI is InChI=1S/C11H19OSi.2ClH.Ti/c1-5-12-13(3,4)10(2)11-8-6-7-9-11;;;/h6,8,10H,5,7H2,1-4H3;2*1H;. The maximum Gasteiger partial charge on any atom is -0.147 e. The number of halogens is 2. The second-order valence-corrected chi connectivity index (χ2v) is 9.60. The monoisotopic (exact) mass is 315 g/mol. The van der Waals surface area contributed by atoms with Gasteiger partial charge in [0.1, 0.15) is 0 Å². The molecule has 0 saturated heterocycles. The molecule has 0 N–H and O–H groups in total. The van der Waals surface area contributed by atoms with Crippen LogP contribution < -0.4 is 0 Å². The van der Waals surface area contributed by atoms with E-state index in [1.807, 2.05) is 0 Å². The Balaban J connectivity index is 0. The van der Waals surface area contributed by atoms with E-state index in [2.05, 4.69) is 59.5 Å². The zero-order valence-electron chi connectivity index (χ0n) is 10.4. The average molecular weight is 316 g/mol. The van der Waals surface area contributed by atoms with Crippen molar-refractivity contribution in [3.8, 4) is 0 Å². The summed E-state index contributed by atoms with van der Waals surface area (Å²) in [5.74, 6) is 0. The summed E-state index contributed by atoms with van der Waals surface area (Å²) in [7, 11) is -1.52. The predicted octanol–water partition coefficient (Wildman–Crippen LogP) is 4.22. The quantitative estimate of drug-likeness (QED) is 0.706. The summed E-state index contributed by atoms with van der Waals surface area (Å²) in [6.45, 7) is 9.88. The largest absolute Gasteiger partial charge is 0.147 e. The van der Waals surface area contributed by atoms with Crippen molar-refractivity contribution < 1.29 is 24.9 Å². The number of hydrogen-bond acceptors (Lipinski definition) is 1. The van der Waals surface area contributed by atoms with Crippen LogP contribution >= 0.6 is 24.8 Å². The Labute approximate surface area is 124 Å². The molecule has 93 valence electrons. The van der Waals surface area contributed by atoms with E-state index in [0.717, 1.165) is 13.0 Å². The summed E-state index contributed by atoms with van der Waals surface area (Å²) in [5.41, 5.74) is 2.14. The van der Waals surface area contributed by atoms with Crippen molar-refractivity contribution >= 4 is 33.1 Å². The second-order valence-electron chi connectivity index (χ2n) is 4.30. The maximum atomic E-state index is 5.92. The van der Waals surface area contributed by atoms with E-state index < -0.39 is 8.32 Å². The fraction of sp³-hybridized carbons (Fsp3) is 0.636. The molecule has 0 aromatic rings. The molecule has 1 unspecified atom stereocenters. The summed E-state index contributed by atoms with van der Waals surface area (Å²) in [6.07, 6.45) is 5.68. The van der Waals surface area contributed by atoms with Crippen LogP contribution in [0.1, 0.15) is 20.3 Å². The smallest absolute Gasteiger partial charge is 0.147 e. The molecule has 0 aromatic heterocycles. The Morgan fingerprint density at radius 1 is 1.44 bits per heavy atom. The van der Waals surface area contributed by atoms with Gasteiger partial charge in [-0.25, -0.2) is 0 Å². The van der Waals surface area contributed by atoms with Crippen molar-refractivity contribution in [2.45, 2.75) is 38.9 Å². The van der Waals surface area contributed by atoms with Crippen molar-refractivity contribution in [3.63, 3.8) is 0 Å². The van der Waals surface area contributed by atoms with Gasteiger partial charge in [-0.2, -0.15) is 0 Å². The van der Waals surface area contributed by atoms with E-state index in [4.69, 9.17) is 4.43 Å². The molecule has 0 aromatic carbocycles. The Hall–Kier alpha value is 0.951. The van der Waals surface area contributed by atoms with Crippen LogP contribution in [0.2, 0.25) is 18.6 Å². The SMILES string of the molecule is CCO[Si](C)(C)C(C)C1=[C]([Ti])CC=C1.Cl.Cl. The zero-order valence-corrected chi connectivity index (χ0v) is 14.6. The minimum Gasteiger partial charge on any atom is -0.147 e. The molecular weight excluding hydrogens is 295 g/mol. The normalized spacial score (nSPS) is 16.7. The molecule has 0 saturated carbocycles. The maximum absolute atomic E-state index is 5.92. The van der Waals surface area contributed by atoms with Crippen LogP contribution in [0.5, 0.6) is 0 Å². The van der Waals surface area contributed by atoms with Crippen LogP contribution in [-0.2, 0) is 24.9 Å². The van der Waals surface area contributed by atoms with E-state index in [0.29, 0.717) is 5.54 Å². The zero-order chi connectivity index (χ0) is 10.8. The molecule has 0 heterocycles. The number of rotatable bonds is 4. The van der Waals surface area contributed by atoms with Gasteiger partial charge in [0.15, 0.2) is 0 Å². The molecule has 1 nitrogen and oxygen atoms in total. The average Bonchev–Trinajstić information content (AvgIpc) is 2.50. The molecule has 1 atom stereocenters. The molecule has 0 amide bonds. The molecule has 0 spiro atoms.